The predicted octanol–water partition coefficient (Wildman–Crippen LogP) is 3.57. The summed E-state index contributed by atoms with van der Waals surface area (Å²) in [7, 11) is 0. The van der Waals surface area contributed by atoms with E-state index in [9.17, 15) is 4.79 Å². The van der Waals surface area contributed by atoms with E-state index in [0.717, 1.165) is 25.9 Å². The predicted molar refractivity (Wildman–Crippen MR) is 74.6 cm³/mol. The summed E-state index contributed by atoms with van der Waals surface area (Å²) >= 11 is 0. The number of piperidine rings is 1. The van der Waals surface area contributed by atoms with Crippen LogP contribution >= 0.6 is 0 Å². The Morgan fingerprint density at radius 1 is 1.37 bits per heavy atom. The number of ether oxygens (including phenoxy) is 1. The van der Waals surface area contributed by atoms with Gasteiger partial charge in [-0.1, -0.05) is 20.8 Å². The van der Waals surface area contributed by atoms with Gasteiger partial charge in [0, 0.05) is 19.5 Å². The first-order valence-electron chi connectivity index (χ1n) is 7.42. The standard InChI is InChI=1S/C13H20N2O2.C2H6/c1-13(4-7-14)5-8-15(9-6-13)12(16)17-10-11-2-3-11;1-2/h11H,2-6,8-10H2,1H3;1-2H3. The second-order valence-electron chi connectivity index (χ2n) is 5.65. The SMILES string of the molecule is CC.CC1(CC#N)CCN(C(=O)OCC2CC2)CC1. The Balaban J connectivity index is 0.000000861. The monoisotopic (exact) mass is 266 g/mol. The molecule has 2 fully saturated rings. The third-order valence-electron chi connectivity index (χ3n) is 3.87. The molecule has 0 unspecified atom stereocenters. The van der Waals surface area contributed by atoms with Gasteiger partial charge in [-0.05, 0) is 37.0 Å². The Labute approximate surface area is 116 Å². The van der Waals surface area contributed by atoms with Crippen LogP contribution in [0.25, 0.3) is 0 Å². The molecule has 1 amide bonds. The minimum Gasteiger partial charge on any atom is -0.449 e. The number of rotatable bonds is 3. The van der Waals surface area contributed by atoms with Crippen molar-refractivity contribution in [1.82, 2.24) is 4.90 Å². The maximum Gasteiger partial charge on any atom is 0.409 e. The van der Waals surface area contributed by atoms with E-state index in [1.54, 1.807) is 4.90 Å². The molecule has 4 heteroatoms. The molecule has 2 rings (SSSR count). The van der Waals surface area contributed by atoms with Crippen LogP contribution in [0.2, 0.25) is 0 Å². The summed E-state index contributed by atoms with van der Waals surface area (Å²) < 4.78 is 5.26. The molecule has 1 saturated carbocycles. The van der Waals surface area contributed by atoms with Crippen LogP contribution in [0, 0.1) is 22.7 Å². The lowest BCUT2D eigenvalue weighted by Gasteiger charge is -2.37. The fraction of sp³-hybridized carbons (Fsp3) is 0.867. The van der Waals surface area contributed by atoms with Crippen molar-refractivity contribution in [2.24, 2.45) is 11.3 Å². The highest BCUT2D eigenvalue weighted by Gasteiger charge is 2.33. The molecule has 1 saturated heterocycles. The summed E-state index contributed by atoms with van der Waals surface area (Å²) in [6.07, 6.45) is 4.62. The molecule has 1 aliphatic carbocycles. The minimum absolute atomic E-state index is 0.0853. The number of hydrogen-bond acceptors (Lipinski definition) is 3. The van der Waals surface area contributed by atoms with Crippen molar-refractivity contribution in [3.05, 3.63) is 0 Å². The van der Waals surface area contributed by atoms with Gasteiger partial charge in [-0.3, -0.25) is 0 Å². The van der Waals surface area contributed by atoms with Gasteiger partial charge in [0.1, 0.15) is 0 Å². The van der Waals surface area contributed by atoms with Crippen LogP contribution < -0.4 is 0 Å². The smallest absolute Gasteiger partial charge is 0.409 e. The zero-order valence-electron chi connectivity index (χ0n) is 12.4. The summed E-state index contributed by atoms with van der Waals surface area (Å²) in [5.74, 6) is 0.618. The molecule has 108 valence electrons. The average molecular weight is 266 g/mol. The molecule has 19 heavy (non-hydrogen) atoms. The number of likely N-dealkylation sites (tertiary alicyclic amines) is 1. The molecular weight excluding hydrogens is 240 g/mol. The molecule has 0 aromatic rings. The van der Waals surface area contributed by atoms with Crippen molar-refractivity contribution in [3.8, 4) is 6.07 Å². The van der Waals surface area contributed by atoms with Gasteiger partial charge in [-0.15, -0.1) is 0 Å². The Kier molecular flexibility index (Phi) is 6.14. The van der Waals surface area contributed by atoms with Crippen LogP contribution in [-0.2, 0) is 4.74 Å². The Hall–Kier alpha value is -1.24. The van der Waals surface area contributed by atoms with E-state index >= 15 is 0 Å². The van der Waals surface area contributed by atoms with Crippen LogP contribution in [0.5, 0.6) is 0 Å². The summed E-state index contributed by atoms with van der Waals surface area (Å²) in [6, 6.07) is 2.24. The second-order valence-corrected chi connectivity index (χ2v) is 5.65. The van der Waals surface area contributed by atoms with Crippen molar-refractivity contribution in [3.63, 3.8) is 0 Å². The summed E-state index contributed by atoms with van der Waals surface area (Å²) in [6.45, 7) is 8.16. The zero-order valence-corrected chi connectivity index (χ0v) is 12.4. The van der Waals surface area contributed by atoms with E-state index in [0.29, 0.717) is 18.9 Å². The number of nitriles is 1. The third kappa shape index (κ3) is 5.10. The molecule has 0 aromatic heterocycles. The van der Waals surface area contributed by atoms with Gasteiger partial charge in [-0.25, -0.2) is 4.79 Å². The zero-order chi connectivity index (χ0) is 14.3. The van der Waals surface area contributed by atoms with Gasteiger partial charge in [-0.2, -0.15) is 5.26 Å². The number of carbonyl (C=O) groups is 1. The van der Waals surface area contributed by atoms with Crippen molar-refractivity contribution in [2.45, 2.75) is 52.9 Å². The largest absolute Gasteiger partial charge is 0.449 e. The molecule has 1 aliphatic heterocycles. The quantitative estimate of drug-likeness (QED) is 0.784. The van der Waals surface area contributed by atoms with E-state index in [1.165, 1.54) is 12.8 Å². The first-order chi connectivity index (χ1) is 9.13. The number of hydrogen-bond donors (Lipinski definition) is 0. The van der Waals surface area contributed by atoms with E-state index in [2.05, 4.69) is 13.0 Å². The lowest BCUT2D eigenvalue weighted by molar-refractivity contribution is 0.0690. The molecule has 0 atom stereocenters. The highest BCUT2D eigenvalue weighted by atomic mass is 16.6. The highest BCUT2D eigenvalue weighted by molar-refractivity contribution is 5.67. The molecule has 0 aromatic carbocycles. The topological polar surface area (TPSA) is 53.3 Å². The molecule has 1 heterocycles. The van der Waals surface area contributed by atoms with Crippen LogP contribution in [0.3, 0.4) is 0 Å². The third-order valence-corrected chi connectivity index (χ3v) is 3.87. The van der Waals surface area contributed by atoms with Crippen molar-refractivity contribution < 1.29 is 9.53 Å². The summed E-state index contributed by atoms with van der Waals surface area (Å²) in [5.41, 5.74) is 0.0853. The fourth-order valence-corrected chi connectivity index (χ4v) is 2.16. The van der Waals surface area contributed by atoms with Gasteiger partial charge in [0.25, 0.3) is 0 Å². The normalized spacial score (nSPS) is 20.8. The van der Waals surface area contributed by atoms with Crippen LogP contribution in [0.4, 0.5) is 4.79 Å². The molecular formula is C15H26N2O2. The first-order valence-corrected chi connectivity index (χ1v) is 7.42. The van der Waals surface area contributed by atoms with Gasteiger partial charge < -0.3 is 9.64 Å². The molecule has 0 N–H and O–H groups in total. The lowest BCUT2D eigenvalue weighted by atomic mass is 9.78. The highest BCUT2D eigenvalue weighted by Crippen LogP contribution is 2.34. The molecule has 0 bridgehead atoms. The second kappa shape index (κ2) is 7.37. The van der Waals surface area contributed by atoms with Gasteiger partial charge in [0.15, 0.2) is 0 Å². The van der Waals surface area contributed by atoms with Crippen LogP contribution in [0.1, 0.15) is 52.9 Å². The molecule has 0 spiro atoms. The van der Waals surface area contributed by atoms with Crippen molar-refractivity contribution >= 4 is 6.09 Å². The number of nitrogens with zero attached hydrogens (tertiary/aromatic N) is 2. The van der Waals surface area contributed by atoms with Crippen molar-refractivity contribution in [1.29, 1.82) is 5.26 Å². The molecule has 2 aliphatic rings. The van der Waals surface area contributed by atoms with E-state index in [-0.39, 0.29) is 11.5 Å². The summed E-state index contributed by atoms with van der Waals surface area (Å²) in [4.78, 5) is 13.5. The van der Waals surface area contributed by atoms with E-state index in [1.807, 2.05) is 13.8 Å². The first kappa shape index (κ1) is 15.8. The van der Waals surface area contributed by atoms with Crippen molar-refractivity contribution in [2.75, 3.05) is 19.7 Å². The van der Waals surface area contributed by atoms with Gasteiger partial charge in [0.05, 0.1) is 12.7 Å². The Morgan fingerprint density at radius 2 is 1.95 bits per heavy atom. The van der Waals surface area contributed by atoms with Crippen LogP contribution in [-0.4, -0.2) is 30.7 Å². The Bertz CT molecular complexity index is 324. The lowest BCUT2D eigenvalue weighted by Crippen LogP contribution is -2.42. The van der Waals surface area contributed by atoms with E-state index < -0.39 is 0 Å². The maximum atomic E-state index is 11.7. The molecule has 0 radical (unpaired) electrons. The van der Waals surface area contributed by atoms with Gasteiger partial charge in [0.2, 0.25) is 0 Å². The minimum atomic E-state index is -0.170. The number of carbonyl (C=O) groups excluding carboxylic acids is 1. The van der Waals surface area contributed by atoms with Gasteiger partial charge >= 0.3 is 6.09 Å². The van der Waals surface area contributed by atoms with Crippen LogP contribution in [0.15, 0.2) is 0 Å². The summed E-state index contributed by atoms with van der Waals surface area (Å²) in [5, 5.41) is 8.76. The number of amides is 1. The van der Waals surface area contributed by atoms with E-state index in [4.69, 9.17) is 10.00 Å². The average Bonchev–Trinajstić information content (AvgIpc) is 3.23. The maximum absolute atomic E-state index is 11.7. The Morgan fingerprint density at radius 3 is 2.42 bits per heavy atom. The fourth-order valence-electron chi connectivity index (χ4n) is 2.16. The molecule has 4 nitrogen and oxygen atoms in total.